The summed E-state index contributed by atoms with van der Waals surface area (Å²) in [5, 5.41) is 0. The quantitative estimate of drug-likeness (QED) is 0.542. The molecule has 0 bridgehead atoms. The zero-order valence-electron chi connectivity index (χ0n) is 8.71. The number of likely N-dealkylation sites (N-methyl/N-ethyl adjacent to an activating group) is 1. The van der Waals surface area contributed by atoms with Crippen LogP contribution < -0.4 is 0 Å². The maximum Gasteiger partial charge on any atom is 0.0224 e. The Labute approximate surface area is 76.5 Å². The number of hydrogen-bond donors (Lipinski definition) is 0. The number of nitrogens with zero attached hydrogens (tertiary/aromatic N) is 2. The van der Waals surface area contributed by atoms with Gasteiger partial charge in [0, 0.05) is 25.7 Å². The van der Waals surface area contributed by atoms with Gasteiger partial charge in [-0.05, 0) is 26.4 Å². The Hall–Kier alpha value is -0.0800. The molecule has 72 valence electrons. The van der Waals surface area contributed by atoms with Crippen molar-refractivity contribution in [2.75, 3.05) is 33.2 Å². The van der Waals surface area contributed by atoms with Crippen LogP contribution in [0.25, 0.3) is 0 Å². The van der Waals surface area contributed by atoms with Gasteiger partial charge in [0.15, 0.2) is 0 Å². The molecular formula is C10H22N2. The summed E-state index contributed by atoms with van der Waals surface area (Å²) in [4.78, 5) is 5.09. The molecule has 1 atom stereocenters. The fourth-order valence-corrected chi connectivity index (χ4v) is 2.15. The van der Waals surface area contributed by atoms with Crippen LogP contribution in [0.15, 0.2) is 0 Å². The number of fused-ring (bicyclic) bond motifs is 1. The number of piperazine rings is 1. The third-order valence-corrected chi connectivity index (χ3v) is 2.79. The summed E-state index contributed by atoms with van der Waals surface area (Å²) >= 11 is 0. The first-order valence-corrected chi connectivity index (χ1v) is 5.29. The van der Waals surface area contributed by atoms with Crippen LogP contribution in [-0.4, -0.2) is 49.1 Å². The van der Waals surface area contributed by atoms with E-state index in [4.69, 9.17) is 0 Å². The van der Waals surface area contributed by atoms with Gasteiger partial charge in [0.2, 0.25) is 0 Å². The molecule has 0 saturated carbocycles. The standard InChI is InChI=1S/C8H16N2.C2H6/c1-9-5-6-10-4-2-3-8(10)7-9;1-2/h8H,2-7H2,1H3;1-2H3/t8-;/m0./s1. The molecule has 2 aliphatic heterocycles. The molecule has 0 aromatic heterocycles. The molecule has 2 saturated heterocycles. The first-order valence-electron chi connectivity index (χ1n) is 5.29. The molecule has 12 heavy (non-hydrogen) atoms. The van der Waals surface area contributed by atoms with Crippen molar-refractivity contribution in [1.82, 2.24) is 9.80 Å². The van der Waals surface area contributed by atoms with Gasteiger partial charge in [0.05, 0.1) is 0 Å². The van der Waals surface area contributed by atoms with Gasteiger partial charge in [-0.2, -0.15) is 0 Å². The van der Waals surface area contributed by atoms with Crippen molar-refractivity contribution in [2.45, 2.75) is 32.7 Å². The smallest absolute Gasteiger partial charge is 0.0224 e. The summed E-state index contributed by atoms with van der Waals surface area (Å²) in [5.41, 5.74) is 0. The van der Waals surface area contributed by atoms with Crippen molar-refractivity contribution in [1.29, 1.82) is 0 Å². The largest absolute Gasteiger partial charge is 0.304 e. The van der Waals surface area contributed by atoms with E-state index in [1.165, 1.54) is 39.0 Å². The molecule has 0 aliphatic carbocycles. The Balaban J connectivity index is 0.000000336. The van der Waals surface area contributed by atoms with Crippen LogP contribution >= 0.6 is 0 Å². The lowest BCUT2D eigenvalue weighted by Crippen LogP contribution is -2.48. The normalized spacial score (nSPS) is 30.8. The first-order chi connectivity index (χ1) is 5.86. The van der Waals surface area contributed by atoms with Crippen molar-refractivity contribution in [3.63, 3.8) is 0 Å². The zero-order chi connectivity index (χ0) is 8.97. The molecule has 2 fully saturated rings. The predicted octanol–water partition coefficient (Wildman–Crippen LogP) is 1.42. The zero-order valence-corrected chi connectivity index (χ0v) is 8.71. The Kier molecular flexibility index (Phi) is 4.02. The minimum atomic E-state index is 0.902. The second-order valence-corrected chi connectivity index (χ2v) is 3.59. The number of rotatable bonds is 0. The van der Waals surface area contributed by atoms with Crippen molar-refractivity contribution < 1.29 is 0 Å². The summed E-state index contributed by atoms with van der Waals surface area (Å²) in [6, 6.07) is 0.902. The SMILES string of the molecule is CC.CN1CCN2CCC[C@H]2C1. The van der Waals surface area contributed by atoms with Gasteiger partial charge in [-0.25, -0.2) is 0 Å². The molecule has 2 rings (SSSR count). The van der Waals surface area contributed by atoms with Crippen molar-refractivity contribution in [3.05, 3.63) is 0 Å². The second kappa shape index (κ2) is 4.83. The summed E-state index contributed by atoms with van der Waals surface area (Å²) in [6.07, 6.45) is 2.86. The molecule has 2 heteroatoms. The van der Waals surface area contributed by atoms with E-state index in [0.717, 1.165) is 6.04 Å². The highest BCUT2D eigenvalue weighted by atomic mass is 15.3. The highest BCUT2D eigenvalue weighted by Gasteiger charge is 2.28. The van der Waals surface area contributed by atoms with Gasteiger partial charge in [-0.3, -0.25) is 4.90 Å². The van der Waals surface area contributed by atoms with E-state index in [1.807, 2.05) is 13.8 Å². The highest BCUT2D eigenvalue weighted by Crippen LogP contribution is 2.20. The lowest BCUT2D eigenvalue weighted by molar-refractivity contribution is 0.124. The van der Waals surface area contributed by atoms with E-state index in [9.17, 15) is 0 Å². The Morgan fingerprint density at radius 2 is 1.83 bits per heavy atom. The van der Waals surface area contributed by atoms with E-state index in [1.54, 1.807) is 0 Å². The Morgan fingerprint density at radius 3 is 2.58 bits per heavy atom. The van der Waals surface area contributed by atoms with E-state index in [-0.39, 0.29) is 0 Å². The number of hydrogen-bond acceptors (Lipinski definition) is 2. The van der Waals surface area contributed by atoms with E-state index in [0.29, 0.717) is 0 Å². The third kappa shape index (κ3) is 2.20. The van der Waals surface area contributed by atoms with Gasteiger partial charge < -0.3 is 4.90 Å². The van der Waals surface area contributed by atoms with Crippen molar-refractivity contribution in [3.8, 4) is 0 Å². The van der Waals surface area contributed by atoms with Crippen LogP contribution in [0.4, 0.5) is 0 Å². The molecule has 0 radical (unpaired) electrons. The molecule has 0 spiro atoms. The first kappa shape index (κ1) is 10.0. The maximum absolute atomic E-state index is 2.64. The summed E-state index contributed by atoms with van der Waals surface area (Å²) in [7, 11) is 2.23. The monoisotopic (exact) mass is 170 g/mol. The van der Waals surface area contributed by atoms with Gasteiger partial charge in [0.25, 0.3) is 0 Å². The van der Waals surface area contributed by atoms with Crippen LogP contribution in [-0.2, 0) is 0 Å². The van der Waals surface area contributed by atoms with E-state index >= 15 is 0 Å². The maximum atomic E-state index is 2.64. The molecule has 0 N–H and O–H groups in total. The molecule has 0 amide bonds. The van der Waals surface area contributed by atoms with Crippen LogP contribution in [0, 0.1) is 0 Å². The van der Waals surface area contributed by atoms with E-state index in [2.05, 4.69) is 16.8 Å². The van der Waals surface area contributed by atoms with Gasteiger partial charge in [-0.1, -0.05) is 13.8 Å². The van der Waals surface area contributed by atoms with Crippen molar-refractivity contribution >= 4 is 0 Å². The van der Waals surface area contributed by atoms with Gasteiger partial charge >= 0.3 is 0 Å². The minimum absolute atomic E-state index is 0.902. The van der Waals surface area contributed by atoms with Crippen LogP contribution in [0.1, 0.15) is 26.7 Å². The predicted molar refractivity (Wildman–Crippen MR) is 53.4 cm³/mol. The molecule has 2 nitrogen and oxygen atoms in total. The summed E-state index contributed by atoms with van der Waals surface area (Å²) in [6.45, 7) is 9.25. The van der Waals surface area contributed by atoms with Crippen LogP contribution in [0.2, 0.25) is 0 Å². The average molecular weight is 170 g/mol. The Morgan fingerprint density at radius 1 is 1.08 bits per heavy atom. The van der Waals surface area contributed by atoms with Crippen molar-refractivity contribution in [2.24, 2.45) is 0 Å². The average Bonchev–Trinajstić information content (AvgIpc) is 2.54. The molecular weight excluding hydrogens is 148 g/mol. The lowest BCUT2D eigenvalue weighted by Gasteiger charge is -2.35. The minimum Gasteiger partial charge on any atom is -0.304 e. The molecule has 0 aromatic rings. The van der Waals surface area contributed by atoms with E-state index < -0.39 is 0 Å². The topological polar surface area (TPSA) is 6.48 Å². The Bertz CT molecular complexity index is 125. The fraction of sp³-hybridized carbons (Fsp3) is 1.00. The second-order valence-electron chi connectivity index (χ2n) is 3.59. The van der Waals surface area contributed by atoms with Gasteiger partial charge in [-0.15, -0.1) is 0 Å². The summed E-state index contributed by atoms with van der Waals surface area (Å²) in [5.74, 6) is 0. The van der Waals surface area contributed by atoms with Crippen LogP contribution in [0.5, 0.6) is 0 Å². The van der Waals surface area contributed by atoms with Gasteiger partial charge in [0.1, 0.15) is 0 Å². The lowest BCUT2D eigenvalue weighted by atomic mass is 10.2. The molecule has 2 heterocycles. The fourth-order valence-electron chi connectivity index (χ4n) is 2.15. The summed E-state index contributed by atoms with van der Waals surface area (Å²) < 4.78 is 0. The highest BCUT2D eigenvalue weighted by molar-refractivity contribution is 4.85. The van der Waals surface area contributed by atoms with Crippen LogP contribution in [0.3, 0.4) is 0 Å². The third-order valence-electron chi connectivity index (χ3n) is 2.79. The molecule has 0 aromatic carbocycles. The molecule has 2 aliphatic rings. The molecule has 0 unspecified atom stereocenters.